The zero-order chi connectivity index (χ0) is 16.4. The second-order valence-corrected chi connectivity index (χ2v) is 5.59. The third-order valence-electron chi connectivity index (χ3n) is 3.96. The van der Waals surface area contributed by atoms with Gasteiger partial charge in [-0.25, -0.2) is 0 Å². The van der Waals surface area contributed by atoms with Crippen LogP contribution in [0.3, 0.4) is 0 Å². The molecule has 2 aromatic carbocycles. The van der Waals surface area contributed by atoms with Gasteiger partial charge in [0.25, 0.3) is 11.8 Å². The number of nitrogens with zero attached hydrogens (tertiary/aromatic N) is 2. The van der Waals surface area contributed by atoms with Crippen LogP contribution < -0.4 is 14.8 Å². The lowest BCUT2D eigenvalue weighted by Gasteiger charge is -2.26. The van der Waals surface area contributed by atoms with Crippen molar-refractivity contribution < 1.29 is 14.0 Å². The van der Waals surface area contributed by atoms with Crippen molar-refractivity contribution in [3.8, 4) is 23.0 Å². The van der Waals surface area contributed by atoms with E-state index in [2.05, 4.69) is 15.5 Å². The van der Waals surface area contributed by atoms with Crippen LogP contribution in [-0.2, 0) is 6.42 Å². The molecule has 1 aliphatic rings. The van der Waals surface area contributed by atoms with E-state index in [0.29, 0.717) is 18.4 Å². The van der Waals surface area contributed by atoms with Crippen LogP contribution in [0.2, 0.25) is 0 Å². The molecule has 1 N–H and O–H groups in total. The Morgan fingerprint density at radius 1 is 1.12 bits per heavy atom. The average molecular weight is 323 g/mol. The third-order valence-corrected chi connectivity index (χ3v) is 3.96. The molecule has 24 heavy (non-hydrogen) atoms. The Hall–Kier alpha value is -3.02. The molecule has 1 atom stereocenters. The van der Waals surface area contributed by atoms with E-state index >= 15 is 0 Å². The molecule has 1 aromatic heterocycles. The molecule has 122 valence electrons. The summed E-state index contributed by atoms with van der Waals surface area (Å²) >= 11 is 0. The van der Waals surface area contributed by atoms with Crippen molar-refractivity contribution in [1.29, 1.82) is 0 Å². The van der Waals surface area contributed by atoms with Gasteiger partial charge in [0.05, 0.1) is 13.2 Å². The first-order valence-electron chi connectivity index (χ1n) is 7.78. The van der Waals surface area contributed by atoms with Crippen molar-refractivity contribution in [2.24, 2.45) is 0 Å². The quantitative estimate of drug-likeness (QED) is 0.795. The number of rotatable bonds is 4. The van der Waals surface area contributed by atoms with E-state index in [4.69, 9.17) is 14.0 Å². The highest BCUT2D eigenvalue weighted by atomic mass is 16.5. The number of anilines is 1. The number of aromatic nitrogens is 2. The van der Waals surface area contributed by atoms with Crippen LogP contribution in [0, 0.1) is 0 Å². The smallest absolute Gasteiger partial charge is 0.264 e. The molecular weight excluding hydrogens is 306 g/mol. The maximum atomic E-state index is 5.85. The predicted molar refractivity (Wildman–Crippen MR) is 89.3 cm³/mol. The summed E-state index contributed by atoms with van der Waals surface area (Å²) in [6, 6.07) is 15.7. The molecule has 0 aliphatic carbocycles. The number of nitrogens with one attached hydrogen (secondary N) is 1. The van der Waals surface area contributed by atoms with Gasteiger partial charge in [0, 0.05) is 11.1 Å². The van der Waals surface area contributed by atoms with Crippen molar-refractivity contribution >= 4 is 5.95 Å². The predicted octanol–water partition coefficient (Wildman–Crippen LogP) is 3.16. The standard InChI is InChI=1S/C18H17N3O3/c1-22-15-9-5-8-13-10-14(11-23-16(13)15)19-18-20-17(24-21-18)12-6-3-2-4-7-12/h2-9,14H,10-11H2,1H3,(H,19,21). The Morgan fingerprint density at radius 3 is 2.83 bits per heavy atom. The van der Waals surface area contributed by atoms with E-state index in [9.17, 15) is 0 Å². The molecule has 0 radical (unpaired) electrons. The second kappa shape index (κ2) is 6.23. The maximum absolute atomic E-state index is 5.85. The Morgan fingerprint density at radius 2 is 2.00 bits per heavy atom. The summed E-state index contributed by atoms with van der Waals surface area (Å²) < 4.78 is 16.5. The molecule has 0 bridgehead atoms. The SMILES string of the molecule is COc1cccc2c1OCC(Nc1noc(-c3ccccc3)n1)C2. The number of methoxy groups -OCH3 is 1. The molecular formula is C18H17N3O3. The van der Waals surface area contributed by atoms with Gasteiger partial charge in [0.2, 0.25) is 0 Å². The van der Waals surface area contributed by atoms with Gasteiger partial charge in [-0.3, -0.25) is 0 Å². The number of ether oxygens (including phenoxy) is 2. The number of hydrogen-bond donors (Lipinski definition) is 1. The van der Waals surface area contributed by atoms with Crippen LogP contribution in [0.5, 0.6) is 11.5 Å². The first-order chi connectivity index (χ1) is 11.8. The summed E-state index contributed by atoms with van der Waals surface area (Å²) in [6.45, 7) is 0.516. The molecule has 3 aromatic rings. The maximum Gasteiger partial charge on any atom is 0.264 e. The lowest BCUT2D eigenvalue weighted by molar-refractivity contribution is 0.255. The molecule has 0 saturated carbocycles. The highest BCUT2D eigenvalue weighted by molar-refractivity contribution is 5.54. The van der Waals surface area contributed by atoms with Gasteiger partial charge in [-0.1, -0.05) is 30.3 Å². The molecule has 1 aliphatic heterocycles. The number of fused-ring (bicyclic) bond motifs is 1. The monoisotopic (exact) mass is 323 g/mol. The van der Waals surface area contributed by atoms with Crippen molar-refractivity contribution in [3.05, 3.63) is 54.1 Å². The Bertz CT molecular complexity index is 833. The van der Waals surface area contributed by atoms with Crippen LogP contribution in [0.4, 0.5) is 5.95 Å². The minimum atomic E-state index is 0.0748. The summed E-state index contributed by atoms with van der Waals surface area (Å²) in [6.07, 6.45) is 0.807. The van der Waals surface area contributed by atoms with Crippen molar-refractivity contribution in [2.45, 2.75) is 12.5 Å². The largest absolute Gasteiger partial charge is 0.493 e. The van der Waals surface area contributed by atoms with E-state index in [-0.39, 0.29) is 6.04 Å². The van der Waals surface area contributed by atoms with Crippen LogP contribution >= 0.6 is 0 Å². The lowest BCUT2D eigenvalue weighted by Crippen LogP contribution is -2.33. The number of hydrogen-bond acceptors (Lipinski definition) is 6. The molecule has 1 unspecified atom stereocenters. The van der Waals surface area contributed by atoms with E-state index in [1.165, 1.54) is 0 Å². The average Bonchev–Trinajstić information content (AvgIpc) is 3.10. The molecule has 6 nitrogen and oxygen atoms in total. The fourth-order valence-corrected chi connectivity index (χ4v) is 2.81. The Kier molecular flexibility index (Phi) is 3.78. The first-order valence-corrected chi connectivity index (χ1v) is 7.78. The van der Waals surface area contributed by atoms with Gasteiger partial charge >= 0.3 is 0 Å². The van der Waals surface area contributed by atoms with Crippen LogP contribution in [-0.4, -0.2) is 29.9 Å². The van der Waals surface area contributed by atoms with Crippen molar-refractivity contribution in [1.82, 2.24) is 10.1 Å². The third kappa shape index (κ3) is 2.78. The normalized spacial score (nSPS) is 16.1. The summed E-state index contributed by atoms with van der Waals surface area (Å²) in [5.41, 5.74) is 2.00. The van der Waals surface area contributed by atoms with E-state index in [1.54, 1.807) is 7.11 Å². The van der Waals surface area contributed by atoms with E-state index < -0.39 is 0 Å². The molecule has 0 fully saturated rings. The number of para-hydroxylation sites is 1. The molecule has 6 heteroatoms. The fourth-order valence-electron chi connectivity index (χ4n) is 2.81. The zero-order valence-corrected chi connectivity index (χ0v) is 13.2. The minimum Gasteiger partial charge on any atom is -0.493 e. The Labute approximate surface area is 139 Å². The molecule has 4 rings (SSSR count). The number of benzene rings is 2. The summed E-state index contributed by atoms with van der Waals surface area (Å²) in [4.78, 5) is 4.40. The van der Waals surface area contributed by atoms with Gasteiger partial charge in [0.15, 0.2) is 11.5 Å². The minimum absolute atomic E-state index is 0.0748. The highest BCUT2D eigenvalue weighted by Gasteiger charge is 2.23. The van der Waals surface area contributed by atoms with Crippen LogP contribution in [0.25, 0.3) is 11.5 Å². The van der Waals surface area contributed by atoms with Gasteiger partial charge in [-0.2, -0.15) is 4.98 Å². The fraction of sp³-hybridized carbons (Fsp3) is 0.222. The topological polar surface area (TPSA) is 69.4 Å². The molecule has 0 amide bonds. The van der Waals surface area contributed by atoms with Gasteiger partial charge in [0.1, 0.15) is 6.61 Å². The van der Waals surface area contributed by atoms with Crippen LogP contribution in [0.1, 0.15) is 5.56 Å². The van der Waals surface area contributed by atoms with Crippen molar-refractivity contribution in [2.75, 3.05) is 19.0 Å². The van der Waals surface area contributed by atoms with Gasteiger partial charge in [-0.05, 0) is 29.8 Å². The van der Waals surface area contributed by atoms with E-state index in [0.717, 1.165) is 29.0 Å². The summed E-state index contributed by atoms with van der Waals surface area (Å²) in [5, 5.41) is 7.27. The molecule has 2 heterocycles. The van der Waals surface area contributed by atoms with Gasteiger partial charge in [-0.15, -0.1) is 0 Å². The molecule has 0 saturated heterocycles. The van der Waals surface area contributed by atoms with Gasteiger partial charge < -0.3 is 19.3 Å². The zero-order valence-electron chi connectivity index (χ0n) is 13.2. The summed E-state index contributed by atoms with van der Waals surface area (Å²) in [7, 11) is 1.65. The summed E-state index contributed by atoms with van der Waals surface area (Å²) in [5.74, 6) is 2.54. The van der Waals surface area contributed by atoms with Crippen LogP contribution in [0.15, 0.2) is 53.1 Å². The Balaban J connectivity index is 1.48. The van der Waals surface area contributed by atoms with Crippen molar-refractivity contribution in [3.63, 3.8) is 0 Å². The lowest BCUT2D eigenvalue weighted by atomic mass is 10.0. The first kappa shape index (κ1) is 14.6. The van der Waals surface area contributed by atoms with E-state index in [1.807, 2.05) is 48.5 Å². The highest BCUT2D eigenvalue weighted by Crippen LogP contribution is 2.35. The second-order valence-electron chi connectivity index (χ2n) is 5.59. The molecule has 0 spiro atoms.